The number of nitrogen functional groups attached to an aromatic ring is 1. The molecule has 0 saturated heterocycles. The van der Waals surface area contributed by atoms with Crippen molar-refractivity contribution in [1.29, 1.82) is 0 Å². The number of nitrogens with one attached hydrogen (secondary N) is 1. The van der Waals surface area contributed by atoms with Crippen molar-refractivity contribution in [1.82, 2.24) is 10.2 Å². The van der Waals surface area contributed by atoms with Crippen molar-refractivity contribution in [3.8, 4) is 11.3 Å². The Bertz CT molecular complexity index is 734. The summed E-state index contributed by atoms with van der Waals surface area (Å²) in [6.07, 6.45) is 0. The monoisotopic (exact) mass is 277 g/mol. The van der Waals surface area contributed by atoms with Crippen LogP contribution in [0, 0.1) is 0 Å². The summed E-state index contributed by atoms with van der Waals surface area (Å²) in [4.78, 5) is 0. The lowest BCUT2D eigenvalue weighted by Crippen LogP contribution is -1.85. The quantitative estimate of drug-likeness (QED) is 0.658. The SMILES string of the molecule is Nc1cccc2c(-c3ccc(Cl)c(Cl)c3)n[nH]c12. The number of aromatic nitrogens is 2. The summed E-state index contributed by atoms with van der Waals surface area (Å²) in [7, 11) is 0. The molecule has 0 atom stereocenters. The van der Waals surface area contributed by atoms with E-state index in [1.807, 2.05) is 24.3 Å². The van der Waals surface area contributed by atoms with Gasteiger partial charge < -0.3 is 5.73 Å². The van der Waals surface area contributed by atoms with Gasteiger partial charge in [0.2, 0.25) is 0 Å². The van der Waals surface area contributed by atoms with Gasteiger partial charge in [-0.05, 0) is 18.2 Å². The Morgan fingerprint density at radius 3 is 2.67 bits per heavy atom. The van der Waals surface area contributed by atoms with Crippen LogP contribution in [0.4, 0.5) is 5.69 Å². The molecule has 0 aliphatic heterocycles. The number of benzene rings is 2. The molecule has 0 aliphatic rings. The van der Waals surface area contributed by atoms with Crippen molar-refractivity contribution in [2.75, 3.05) is 5.73 Å². The van der Waals surface area contributed by atoms with Crippen LogP contribution in [0.1, 0.15) is 0 Å². The van der Waals surface area contributed by atoms with Gasteiger partial charge in [0.15, 0.2) is 0 Å². The number of aromatic amines is 1. The number of fused-ring (bicyclic) bond motifs is 1. The number of rotatable bonds is 1. The number of hydrogen-bond donors (Lipinski definition) is 2. The molecule has 2 aromatic carbocycles. The number of para-hydroxylation sites is 1. The zero-order valence-electron chi connectivity index (χ0n) is 9.24. The minimum Gasteiger partial charge on any atom is -0.397 e. The molecule has 0 bridgehead atoms. The summed E-state index contributed by atoms with van der Waals surface area (Å²) in [6.45, 7) is 0. The maximum Gasteiger partial charge on any atom is 0.100 e. The maximum absolute atomic E-state index is 6.02. The van der Waals surface area contributed by atoms with E-state index in [1.54, 1.807) is 12.1 Å². The molecule has 0 amide bonds. The smallest absolute Gasteiger partial charge is 0.100 e. The molecule has 0 saturated carbocycles. The van der Waals surface area contributed by atoms with Crippen LogP contribution in [-0.4, -0.2) is 10.2 Å². The normalized spacial score (nSPS) is 11.0. The molecular weight excluding hydrogens is 269 g/mol. The molecule has 0 radical (unpaired) electrons. The van der Waals surface area contributed by atoms with E-state index in [0.29, 0.717) is 15.7 Å². The second-order valence-corrected chi connectivity index (χ2v) is 4.79. The van der Waals surface area contributed by atoms with E-state index >= 15 is 0 Å². The predicted octanol–water partition coefficient (Wildman–Crippen LogP) is 4.12. The van der Waals surface area contributed by atoms with Crippen LogP contribution in [-0.2, 0) is 0 Å². The second kappa shape index (κ2) is 4.19. The first-order valence-electron chi connectivity index (χ1n) is 5.35. The first-order chi connectivity index (χ1) is 8.66. The minimum atomic E-state index is 0.509. The third kappa shape index (κ3) is 1.72. The molecule has 90 valence electrons. The molecule has 0 spiro atoms. The fraction of sp³-hybridized carbons (Fsp3) is 0. The Hall–Kier alpha value is -1.71. The Morgan fingerprint density at radius 2 is 1.89 bits per heavy atom. The second-order valence-electron chi connectivity index (χ2n) is 3.97. The van der Waals surface area contributed by atoms with Gasteiger partial charge in [0.1, 0.15) is 5.69 Å². The molecular formula is C13H9Cl2N3. The van der Waals surface area contributed by atoms with Gasteiger partial charge in [-0.3, -0.25) is 5.10 Å². The van der Waals surface area contributed by atoms with E-state index in [0.717, 1.165) is 22.2 Å². The van der Waals surface area contributed by atoms with Crippen LogP contribution < -0.4 is 5.73 Å². The van der Waals surface area contributed by atoms with E-state index in [-0.39, 0.29) is 0 Å². The lowest BCUT2D eigenvalue weighted by molar-refractivity contribution is 1.12. The molecule has 3 aromatic rings. The van der Waals surface area contributed by atoms with Crippen LogP contribution in [0.5, 0.6) is 0 Å². The van der Waals surface area contributed by atoms with Crippen LogP contribution in [0.3, 0.4) is 0 Å². The standard InChI is InChI=1S/C13H9Cl2N3/c14-9-5-4-7(6-10(9)15)12-8-2-1-3-11(16)13(8)18-17-12/h1-6H,16H2,(H,17,18). The lowest BCUT2D eigenvalue weighted by atomic mass is 10.1. The Labute approximate surface area is 114 Å². The van der Waals surface area contributed by atoms with Crippen molar-refractivity contribution in [3.63, 3.8) is 0 Å². The van der Waals surface area contributed by atoms with Gasteiger partial charge in [-0.2, -0.15) is 5.10 Å². The first kappa shape index (κ1) is 11.4. The third-order valence-corrected chi connectivity index (χ3v) is 3.56. The van der Waals surface area contributed by atoms with E-state index < -0.39 is 0 Å². The fourth-order valence-electron chi connectivity index (χ4n) is 1.93. The van der Waals surface area contributed by atoms with Crippen LogP contribution in [0.25, 0.3) is 22.2 Å². The molecule has 3 nitrogen and oxygen atoms in total. The van der Waals surface area contributed by atoms with Crippen LogP contribution in [0.2, 0.25) is 10.0 Å². The molecule has 5 heteroatoms. The number of nitrogens with two attached hydrogens (primary N) is 1. The lowest BCUT2D eigenvalue weighted by Gasteiger charge is -2.01. The average Bonchev–Trinajstić information content (AvgIpc) is 2.78. The molecule has 0 fully saturated rings. The summed E-state index contributed by atoms with van der Waals surface area (Å²) < 4.78 is 0. The summed E-state index contributed by atoms with van der Waals surface area (Å²) in [5, 5.41) is 9.23. The number of halogens is 2. The van der Waals surface area contributed by atoms with Gasteiger partial charge in [0.05, 0.1) is 21.2 Å². The molecule has 0 aliphatic carbocycles. The van der Waals surface area contributed by atoms with E-state index in [4.69, 9.17) is 28.9 Å². The van der Waals surface area contributed by atoms with Crippen molar-refractivity contribution in [3.05, 3.63) is 46.4 Å². The van der Waals surface area contributed by atoms with Crippen molar-refractivity contribution < 1.29 is 0 Å². The first-order valence-corrected chi connectivity index (χ1v) is 6.10. The highest BCUT2D eigenvalue weighted by Gasteiger charge is 2.10. The maximum atomic E-state index is 6.02. The van der Waals surface area contributed by atoms with Crippen molar-refractivity contribution in [2.24, 2.45) is 0 Å². The van der Waals surface area contributed by atoms with Gasteiger partial charge >= 0.3 is 0 Å². The Kier molecular flexibility index (Phi) is 2.65. The van der Waals surface area contributed by atoms with Crippen molar-refractivity contribution in [2.45, 2.75) is 0 Å². The van der Waals surface area contributed by atoms with Crippen molar-refractivity contribution >= 4 is 39.8 Å². The molecule has 18 heavy (non-hydrogen) atoms. The predicted molar refractivity (Wildman–Crippen MR) is 76.0 cm³/mol. The highest BCUT2D eigenvalue weighted by molar-refractivity contribution is 6.42. The van der Waals surface area contributed by atoms with Gasteiger partial charge in [0.25, 0.3) is 0 Å². The fourth-order valence-corrected chi connectivity index (χ4v) is 2.23. The van der Waals surface area contributed by atoms with E-state index in [1.165, 1.54) is 0 Å². The highest BCUT2D eigenvalue weighted by atomic mass is 35.5. The van der Waals surface area contributed by atoms with Crippen LogP contribution >= 0.6 is 23.2 Å². The Balaban J connectivity index is 2.25. The largest absolute Gasteiger partial charge is 0.397 e. The summed E-state index contributed by atoms with van der Waals surface area (Å²) in [5.74, 6) is 0. The number of anilines is 1. The molecule has 3 N–H and O–H groups in total. The third-order valence-electron chi connectivity index (χ3n) is 2.82. The van der Waals surface area contributed by atoms with Gasteiger partial charge in [0, 0.05) is 10.9 Å². The average molecular weight is 278 g/mol. The van der Waals surface area contributed by atoms with E-state index in [2.05, 4.69) is 10.2 Å². The highest BCUT2D eigenvalue weighted by Crippen LogP contribution is 2.32. The summed E-state index contributed by atoms with van der Waals surface area (Å²) >= 11 is 11.9. The number of hydrogen-bond acceptors (Lipinski definition) is 2. The molecule has 0 unspecified atom stereocenters. The van der Waals surface area contributed by atoms with Gasteiger partial charge in [-0.1, -0.05) is 41.4 Å². The number of nitrogens with zero attached hydrogens (tertiary/aromatic N) is 1. The molecule has 1 aromatic heterocycles. The topological polar surface area (TPSA) is 54.7 Å². The minimum absolute atomic E-state index is 0.509. The Morgan fingerprint density at radius 1 is 1.06 bits per heavy atom. The van der Waals surface area contributed by atoms with Crippen LogP contribution in [0.15, 0.2) is 36.4 Å². The van der Waals surface area contributed by atoms with E-state index in [9.17, 15) is 0 Å². The molecule has 3 rings (SSSR count). The summed E-state index contributed by atoms with van der Waals surface area (Å²) in [5.41, 5.74) is 9.11. The number of H-pyrrole nitrogens is 1. The zero-order valence-corrected chi connectivity index (χ0v) is 10.8. The van der Waals surface area contributed by atoms with Gasteiger partial charge in [-0.15, -0.1) is 0 Å². The summed E-state index contributed by atoms with van der Waals surface area (Å²) in [6, 6.07) is 11.1. The van der Waals surface area contributed by atoms with Gasteiger partial charge in [-0.25, -0.2) is 0 Å². The molecule has 1 heterocycles. The zero-order chi connectivity index (χ0) is 12.7.